The molecule has 3 amide bonds. The highest BCUT2D eigenvalue weighted by molar-refractivity contribution is 6.00. The molecule has 1 spiro atoms. The van der Waals surface area contributed by atoms with Crippen molar-refractivity contribution in [3.05, 3.63) is 84.5 Å². The van der Waals surface area contributed by atoms with E-state index in [-0.39, 0.29) is 26.2 Å². The maximum atomic E-state index is 14.6. The molecule has 4 aliphatic heterocycles. The Hall–Kier alpha value is -4.88. The van der Waals surface area contributed by atoms with E-state index in [1.165, 1.54) is 4.90 Å². The number of benzene rings is 2. The van der Waals surface area contributed by atoms with Crippen LogP contribution in [0.1, 0.15) is 31.4 Å². The van der Waals surface area contributed by atoms with Crippen molar-refractivity contribution >= 4 is 34.7 Å². The lowest BCUT2D eigenvalue weighted by molar-refractivity contribution is -0.151. The lowest BCUT2D eigenvalue weighted by atomic mass is 9.77. The van der Waals surface area contributed by atoms with Crippen molar-refractivity contribution in [1.82, 2.24) is 30.1 Å². The summed E-state index contributed by atoms with van der Waals surface area (Å²) in [6.07, 6.45) is 6.60. The van der Waals surface area contributed by atoms with Crippen molar-refractivity contribution in [1.29, 1.82) is 0 Å². The van der Waals surface area contributed by atoms with Gasteiger partial charge in [0.05, 0.1) is 42.1 Å². The van der Waals surface area contributed by atoms with Crippen molar-refractivity contribution in [2.45, 2.75) is 56.3 Å². The molecule has 7 atom stereocenters. The van der Waals surface area contributed by atoms with Crippen molar-refractivity contribution in [2.24, 2.45) is 11.8 Å². The van der Waals surface area contributed by atoms with Crippen LogP contribution in [0.15, 0.2) is 78.9 Å². The zero-order valence-corrected chi connectivity index (χ0v) is 25.8. The molecule has 3 aromatic rings. The predicted octanol–water partition coefficient (Wildman–Crippen LogP) is 1.50. The van der Waals surface area contributed by atoms with Crippen molar-refractivity contribution in [3.8, 4) is 0 Å². The number of likely N-dealkylation sites (tertiary alicyclic amines) is 1. The second-order valence-corrected chi connectivity index (χ2v) is 12.4. The van der Waals surface area contributed by atoms with Crippen LogP contribution in [0.25, 0.3) is 11.0 Å². The summed E-state index contributed by atoms with van der Waals surface area (Å²) >= 11 is 0. The molecule has 2 fully saturated rings. The molecular weight excluding hydrogens is 604 g/mol. The molecule has 0 bridgehead atoms. The number of hydrogen-bond donors (Lipinski definition) is 2. The number of cyclic esters (lactones) is 1. The molecule has 244 valence electrons. The highest BCUT2D eigenvalue weighted by atomic mass is 16.5. The number of fused-ring (bicyclic) bond motifs is 3. The van der Waals surface area contributed by atoms with E-state index < -0.39 is 72.0 Å². The lowest BCUT2D eigenvalue weighted by Crippen LogP contribution is -2.57. The summed E-state index contributed by atoms with van der Waals surface area (Å²) in [6.45, 7) is 1.46. The Morgan fingerprint density at radius 2 is 1.83 bits per heavy atom. The third-order valence-corrected chi connectivity index (χ3v) is 9.55. The quantitative estimate of drug-likeness (QED) is 0.312. The Morgan fingerprint density at radius 1 is 1.04 bits per heavy atom. The summed E-state index contributed by atoms with van der Waals surface area (Å²) in [6, 6.07) is 14.0. The Labute approximate surface area is 270 Å². The topological polar surface area (TPSA) is 156 Å². The standard InChI is InChI=1S/C34H36N6O7/c1-21(18-41)40-30-33(45)38(20-39-25-13-6-5-12-23(25)36-37-39)17-9-16-34(30)29(32(40)44)28-26(47-34)14-7-8-15-27(42)46-19-24(35-31(28)43)22-10-3-2-4-11-22/h2-7,9-14,16,21,24,26,28-30,41H,8,15,17-20H2,1H3,(H,35,43)/b14-7-/t21-,24+,26-,28+,29+,30-,34+/m1/s1. The van der Waals surface area contributed by atoms with Crippen LogP contribution in [0.5, 0.6) is 0 Å². The number of esters is 1. The Balaban J connectivity index is 1.28. The summed E-state index contributed by atoms with van der Waals surface area (Å²) in [5.41, 5.74) is 0.665. The van der Waals surface area contributed by atoms with Gasteiger partial charge in [0.2, 0.25) is 11.8 Å². The van der Waals surface area contributed by atoms with Gasteiger partial charge in [-0.05, 0) is 31.0 Å². The van der Waals surface area contributed by atoms with E-state index in [4.69, 9.17) is 9.47 Å². The van der Waals surface area contributed by atoms with Gasteiger partial charge in [-0.2, -0.15) is 0 Å². The second kappa shape index (κ2) is 12.4. The third kappa shape index (κ3) is 5.28. The van der Waals surface area contributed by atoms with Gasteiger partial charge in [-0.1, -0.05) is 72.0 Å². The minimum Gasteiger partial charge on any atom is -0.463 e. The van der Waals surface area contributed by atoms with E-state index >= 15 is 0 Å². The first-order valence-electron chi connectivity index (χ1n) is 15.9. The third-order valence-electron chi connectivity index (χ3n) is 9.55. The van der Waals surface area contributed by atoms with E-state index in [1.807, 2.05) is 54.6 Å². The molecule has 1 aromatic heterocycles. The zero-order valence-electron chi connectivity index (χ0n) is 25.8. The van der Waals surface area contributed by atoms with Crippen LogP contribution >= 0.6 is 0 Å². The van der Waals surface area contributed by atoms with E-state index in [1.54, 1.807) is 40.8 Å². The molecule has 0 radical (unpaired) electrons. The van der Waals surface area contributed by atoms with Crippen molar-refractivity contribution < 1.29 is 33.8 Å². The van der Waals surface area contributed by atoms with Crippen LogP contribution in [0.2, 0.25) is 0 Å². The molecule has 47 heavy (non-hydrogen) atoms. The number of hydrogen-bond acceptors (Lipinski definition) is 9. The largest absolute Gasteiger partial charge is 0.463 e. The van der Waals surface area contributed by atoms with Crippen LogP contribution < -0.4 is 5.32 Å². The molecule has 4 aliphatic rings. The van der Waals surface area contributed by atoms with Gasteiger partial charge in [0, 0.05) is 13.0 Å². The molecule has 0 unspecified atom stereocenters. The van der Waals surface area contributed by atoms with E-state index in [0.717, 1.165) is 11.1 Å². The van der Waals surface area contributed by atoms with Crippen molar-refractivity contribution in [2.75, 3.05) is 19.8 Å². The molecule has 13 nitrogen and oxygen atoms in total. The summed E-state index contributed by atoms with van der Waals surface area (Å²) in [5, 5.41) is 21.7. The lowest BCUT2D eigenvalue weighted by Gasteiger charge is -2.37. The SMILES string of the molecule is C[C@H](CO)N1C(=O)[C@@H]2[C@H]3C(=O)N[C@H](c4ccccc4)COC(=O)CC/C=C\[C@H]3O[C@@]23C=CCN(Cn2nnc4ccccc42)C(=O)[C@@H]13. The minimum absolute atomic E-state index is 0.0660. The van der Waals surface area contributed by atoms with Gasteiger partial charge in [-0.15, -0.1) is 5.10 Å². The summed E-state index contributed by atoms with van der Waals surface area (Å²) in [7, 11) is 0. The van der Waals surface area contributed by atoms with Crippen molar-refractivity contribution in [3.63, 3.8) is 0 Å². The number of allylic oxidation sites excluding steroid dienone is 1. The average molecular weight is 641 g/mol. The molecule has 2 saturated heterocycles. The number of aliphatic hydroxyl groups excluding tert-OH is 1. The number of nitrogens with one attached hydrogen (secondary N) is 1. The van der Waals surface area contributed by atoms with Crippen LogP contribution in [0, 0.1) is 11.8 Å². The zero-order chi connectivity index (χ0) is 32.7. The van der Waals surface area contributed by atoms with Crippen LogP contribution in [0.4, 0.5) is 0 Å². The number of ether oxygens (including phenoxy) is 2. The van der Waals surface area contributed by atoms with Gasteiger partial charge in [-0.25, -0.2) is 4.68 Å². The molecule has 5 heterocycles. The van der Waals surface area contributed by atoms with Crippen LogP contribution in [-0.2, 0) is 35.3 Å². The number of carbonyl (C=O) groups is 4. The molecule has 13 heteroatoms. The van der Waals surface area contributed by atoms with Crippen LogP contribution in [-0.4, -0.2) is 97.1 Å². The maximum Gasteiger partial charge on any atom is 0.306 e. The monoisotopic (exact) mass is 640 g/mol. The van der Waals surface area contributed by atoms with Crippen LogP contribution in [0.3, 0.4) is 0 Å². The fourth-order valence-electron chi connectivity index (χ4n) is 7.30. The fraction of sp³-hybridized carbons (Fsp3) is 0.412. The number of amides is 3. The first-order valence-corrected chi connectivity index (χ1v) is 15.9. The molecule has 2 aromatic carbocycles. The minimum atomic E-state index is -1.50. The van der Waals surface area contributed by atoms with Gasteiger partial charge < -0.3 is 29.7 Å². The number of carbonyl (C=O) groups excluding carboxylic acids is 4. The predicted molar refractivity (Wildman–Crippen MR) is 167 cm³/mol. The summed E-state index contributed by atoms with van der Waals surface area (Å²) in [4.78, 5) is 58.8. The highest BCUT2D eigenvalue weighted by Gasteiger charge is 2.72. The second-order valence-electron chi connectivity index (χ2n) is 12.4. The van der Waals surface area contributed by atoms with Gasteiger partial charge >= 0.3 is 5.97 Å². The Morgan fingerprint density at radius 3 is 2.64 bits per heavy atom. The number of para-hydroxylation sites is 1. The van der Waals surface area contributed by atoms with E-state index in [2.05, 4.69) is 15.6 Å². The molecule has 7 rings (SSSR count). The number of aromatic nitrogens is 3. The average Bonchev–Trinajstić information content (AvgIpc) is 3.68. The van der Waals surface area contributed by atoms with Gasteiger partial charge in [0.15, 0.2) is 0 Å². The molecule has 2 N–H and O–H groups in total. The van der Waals surface area contributed by atoms with Gasteiger partial charge in [0.1, 0.15) is 30.4 Å². The number of aliphatic hydroxyl groups is 1. The smallest absolute Gasteiger partial charge is 0.306 e. The van der Waals surface area contributed by atoms with E-state index in [0.29, 0.717) is 11.9 Å². The van der Waals surface area contributed by atoms with Gasteiger partial charge in [0.25, 0.3) is 5.91 Å². The summed E-state index contributed by atoms with van der Waals surface area (Å²) < 4.78 is 13.9. The number of rotatable bonds is 5. The Bertz CT molecular complexity index is 1760. The molecule has 0 saturated carbocycles. The highest BCUT2D eigenvalue weighted by Crippen LogP contribution is 2.53. The molecular formula is C34H36N6O7. The molecule has 0 aliphatic carbocycles. The Kier molecular flexibility index (Phi) is 8.10. The first kappa shape index (κ1) is 30.8. The van der Waals surface area contributed by atoms with Gasteiger partial charge in [-0.3, -0.25) is 19.2 Å². The number of nitrogens with zero attached hydrogens (tertiary/aromatic N) is 5. The summed E-state index contributed by atoms with van der Waals surface area (Å²) in [5.74, 6) is -3.78. The maximum absolute atomic E-state index is 14.6. The first-order chi connectivity index (χ1) is 22.8. The fourth-order valence-corrected chi connectivity index (χ4v) is 7.30. The van der Waals surface area contributed by atoms with E-state index in [9.17, 15) is 24.3 Å². The normalized spacial score (nSPS) is 30.8.